The van der Waals surface area contributed by atoms with Crippen LogP contribution in [-0.4, -0.2) is 66.7 Å². The van der Waals surface area contributed by atoms with Crippen LogP contribution < -0.4 is 16.4 Å². The molecule has 226 valence electrons. The van der Waals surface area contributed by atoms with E-state index in [1.807, 2.05) is 74.5 Å². The van der Waals surface area contributed by atoms with Crippen molar-refractivity contribution in [2.24, 2.45) is 5.92 Å². The Morgan fingerprint density at radius 1 is 0.905 bits per heavy atom. The maximum absolute atomic E-state index is 13.5. The lowest BCUT2D eigenvalue weighted by molar-refractivity contribution is -0.123. The van der Waals surface area contributed by atoms with Gasteiger partial charge in [-0.25, -0.2) is 13.2 Å². The zero-order chi connectivity index (χ0) is 30.7. The van der Waals surface area contributed by atoms with Crippen molar-refractivity contribution in [1.29, 1.82) is 0 Å². The number of carbonyl (C=O) groups excluding carboxylic acids is 1. The zero-order valence-electron chi connectivity index (χ0n) is 23.9. The minimum Gasteiger partial charge on any atom is -0.465 e. The molecular weight excluding hydrogens is 556 g/mol. The molecule has 0 radical (unpaired) electrons. The zero-order valence-corrected chi connectivity index (χ0v) is 24.7. The van der Waals surface area contributed by atoms with Crippen LogP contribution in [0.3, 0.4) is 0 Å². The summed E-state index contributed by atoms with van der Waals surface area (Å²) in [6.45, 7) is 3.74. The van der Waals surface area contributed by atoms with E-state index in [1.165, 1.54) is 28.6 Å². The molecule has 0 heterocycles. The average Bonchev–Trinajstić information content (AvgIpc) is 2.97. The van der Waals surface area contributed by atoms with E-state index in [0.29, 0.717) is 12.1 Å². The van der Waals surface area contributed by atoms with Crippen LogP contribution in [0.2, 0.25) is 0 Å². The van der Waals surface area contributed by atoms with Crippen molar-refractivity contribution in [2.45, 2.75) is 49.6 Å². The van der Waals surface area contributed by atoms with Gasteiger partial charge in [-0.05, 0) is 54.2 Å². The number of benzene rings is 3. The number of amides is 2. The van der Waals surface area contributed by atoms with Gasteiger partial charge < -0.3 is 26.6 Å². The van der Waals surface area contributed by atoms with Gasteiger partial charge in [-0.15, -0.1) is 0 Å². The predicted molar refractivity (Wildman–Crippen MR) is 162 cm³/mol. The Hall–Kier alpha value is -3.93. The van der Waals surface area contributed by atoms with Crippen molar-refractivity contribution < 1.29 is 28.2 Å². The number of aliphatic hydroxyl groups is 1. The number of aliphatic hydroxyl groups excluding tert-OH is 1. The fraction of sp³-hybridized carbons (Fsp3) is 0.355. The van der Waals surface area contributed by atoms with Gasteiger partial charge in [0.1, 0.15) is 6.04 Å². The molecule has 0 aliphatic rings. The van der Waals surface area contributed by atoms with Crippen LogP contribution >= 0.6 is 0 Å². The van der Waals surface area contributed by atoms with Gasteiger partial charge >= 0.3 is 6.09 Å². The first-order chi connectivity index (χ1) is 20.0. The van der Waals surface area contributed by atoms with Crippen LogP contribution in [0.15, 0.2) is 89.8 Å². The number of carbonyl (C=O) groups is 2. The summed E-state index contributed by atoms with van der Waals surface area (Å²) in [5.74, 6) is -1.09. The largest absolute Gasteiger partial charge is 0.465 e. The molecule has 11 heteroatoms. The smallest absolute Gasteiger partial charge is 0.405 e. The first-order valence-corrected chi connectivity index (χ1v) is 15.3. The minimum absolute atomic E-state index is 0.00179. The molecule has 6 N–H and O–H groups in total. The summed E-state index contributed by atoms with van der Waals surface area (Å²) in [6.07, 6.45) is -0.705. The molecule has 2 unspecified atom stereocenters. The van der Waals surface area contributed by atoms with Crippen LogP contribution in [0.25, 0.3) is 0 Å². The standard InChI is InChI=1S/C31H40N4O6S/c1-22(2)20-35(42(40,41)27-17-15-25(32)16-18-27)26(21-36)14-9-19-33-30(37)29(34-31(38)39)28(23-10-5-3-6-11-23)24-12-7-4-8-13-24/h3-8,10-13,15-18,22,26,28-29,34,36H,9,14,19-21,32H2,1-2H3,(H,33,37)(H,38,39). The Kier molecular flexibility index (Phi) is 11.9. The van der Waals surface area contributed by atoms with E-state index >= 15 is 0 Å². The lowest BCUT2D eigenvalue weighted by Crippen LogP contribution is -2.50. The van der Waals surface area contributed by atoms with Crippen LogP contribution in [0.5, 0.6) is 0 Å². The van der Waals surface area contributed by atoms with E-state index in [9.17, 15) is 28.2 Å². The van der Waals surface area contributed by atoms with Gasteiger partial charge in [0.25, 0.3) is 0 Å². The van der Waals surface area contributed by atoms with Gasteiger partial charge in [0.2, 0.25) is 15.9 Å². The van der Waals surface area contributed by atoms with Crippen molar-refractivity contribution in [1.82, 2.24) is 14.9 Å². The van der Waals surface area contributed by atoms with Crippen LogP contribution in [0.4, 0.5) is 10.5 Å². The normalized spacial score (nSPS) is 13.2. The second-order valence-electron chi connectivity index (χ2n) is 10.5. The first-order valence-electron chi connectivity index (χ1n) is 13.9. The fourth-order valence-corrected chi connectivity index (χ4v) is 6.71. The van der Waals surface area contributed by atoms with E-state index < -0.39 is 46.6 Å². The van der Waals surface area contributed by atoms with E-state index in [2.05, 4.69) is 10.6 Å². The Morgan fingerprint density at radius 2 is 1.45 bits per heavy atom. The molecule has 0 fully saturated rings. The molecule has 3 aromatic rings. The average molecular weight is 597 g/mol. The minimum atomic E-state index is -3.92. The summed E-state index contributed by atoms with van der Waals surface area (Å²) in [7, 11) is -3.92. The molecule has 3 aromatic carbocycles. The van der Waals surface area contributed by atoms with Gasteiger partial charge in [-0.1, -0.05) is 74.5 Å². The molecule has 3 rings (SSSR count). The first kappa shape index (κ1) is 32.6. The number of sulfonamides is 1. The third kappa shape index (κ3) is 8.78. The highest BCUT2D eigenvalue weighted by Crippen LogP contribution is 2.29. The molecule has 2 amide bonds. The van der Waals surface area contributed by atoms with E-state index in [1.54, 1.807) is 0 Å². The monoisotopic (exact) mass is 596 g/mol. The maximum atomic E-state index is 13.5. The van der Waals surface area contributed by atoms with E-state index in [-0.39, 0.29) is 30.3 Å². The Labute approximate surface area is 247 Å². The van der Waals surface area contributed by atoms with Gasteiger partial charge in [-0.3, -0.25) is 4.79 Å². The van der Waals surface area contributed by atoms with Crippen molar-refractivity contribution >= 4 is 27.7 Å². The van der Waals surface area contributed by atoms with Gasteiger partial charge in [0, 0.05) is 30.7 Å². The Balaban J connectivity index is 1.75. The van der Waals surface area contributed by atoms with E-state index in [0.717, 1.165) is 11.1 Å². The molecule has 42 heavy (non-hydrogen) atoms. The molecule has 0 saturated heterocycles. The van der Waals surface area contributed by atoms with Crippen molar-refractivity contribution in [2.75, 3.05) is 25.4 Å². The van der Waals surface area contributed by atoms with Crippen LogP contribution in [0.1, 0.15) is 43.7 Å². The number of nitrogens with zero attached hydrogens (tertiary/aromatic N) is 1. The summed E-state index contributed by atoms with van der Waals surface area (Å²) < 4.78 is 28.3. The second-order valence-corrected chi connectivity index (χ2v) is 12.4. The topological polar surface area (TPSA) is 162 Å². The Bertz CT molecular complexity index is 1350. The predicted octanol–water partition coefficient (Wildman–Crippen LogP) is 3.64. The molecule has 0 bridgehead atoms. The van der Waals surface area contributed by atoms with Gasteiger partial charge in [-0.2, -0.15) is 4.31 Å². The highest BCUT2D eigenvalue weighted by Gasteiger charge is 2.33. The third-order valence-corrected chi connectivity index (χ3v) is 8.81. The number of nitrogens with one attached hydrogen (secondary N) is 2. The van der Waals surface area contributed by atoms with Crippen molar-refractivity contribution in [3.63, 3.8) is 0 Å². The summed E-state index contributed by atoms with van der Waals surface area (Å²) in [6, 6.07) is 22.5. The maximum Gasteiger partial charge on any atom is 0.405 e. The summed E-state index contributed by atoms with van der Waals surface area (Å²) >= 11 is 0. The summed E-state index contributed by atoms with van der Waals surface area (Å²) in [4.78, 5) is 25.3. The highest BCUT2D eigenvalue weighted by molar-refractivity contribution is 7.89. The lowest BCUT2D eigenvalue weighted by Gasteiger charge is -2.31. The number of rotatable bonds is 15. The number of hydrogen-bond acceptors (Lipinski definition) is 6. The van der Waals surface area contributed by atoms with Crippen LogP contribution in [-0.2, 0) is 14.8 Å². The number of nitrogen functional groups attached to an aromatic ring is 1. The number of carboxylic acid groups (broad SMARTS) is 1. The molecule has 0 spiro atoms. The van der Waals surface area contributed by atoms with Crippen LogP contribution in [0, 0.1) is 5.92 Å². The molecule has 10 nitrogen and oxygen atoms in total. The van der Waals surface area contributed by atoms with Crippen molar-refractivity contribution in [3.05, 3.63) is 96.1 Å². The second kappa shape index (κ2) is 15.3. The van der Waals surface area contributed by atoms with E-state index in [4.69, 9.17) is 5.73 Å². The molecule has 0 aromatic heterocycles. The fourth-order valence-electron chi connectivity index (χ4n) is 4.90. The molecule has 2 atom stereocenters. The number of nitrogens with two attached hydrogens (primary N) is 1. The number of anilines is 1. The van der Waals surface area contributed by atoms with Crippen molar-refractivity contribution in [3.8, 4) is 0 Å². The Morgan fingerprint density at radius 3 is 1.93 bits per heavy atom. The molecular formula is C31H40N4O6S. The van der Waals surface area contributed by atoms with Gasteiger partial charge in [0.05, 0.1) is 11.5 Å². The lowest BCUT2D eigenvalue weighted by atomic mass is 9.84. The quantitative estimate of drug-likeness (QED) is 0.132. The molecule has 0 saturated carbocycles. The SMILES string of the molecule is CC(C)CN(C(CO)CCCNC(=O)C(NC(=O)O)C(c1ccccc1)c1ccccc1)S(=O)(=O)c1ccc(N)cc1. The highest BCUT2D eigenvalue weighted by atomic mass is 32.2. The molecule has 0 aliphatic heterocycles. The van der Waals surface area contributed by atoms with Gasteiger partial charge in [0.15, 0.2) is 0 Å². The summed E-state index contributed by atoms with van der Waals surface area (Å²) in [5, 5.41) is 25.0. The third-order valence-electron chi connectivity index (χ3n) is 6.88. The summed E-state index contributed by atoms with van der Waals surface area (Å²) in [5.41, 5.74) is 7.72. The molecule has 0 aliphatic carbocycles. The number of hydrogen-bond donors (Lipinski definition) is 5.